The highest BCUT2D eigenvalue weighted by Crippen LogP contribution is 2.30. The van der Waals surface area contributed by atoms with E-state index in [-0.39, 0.29) is 17.0 Å². The fraction of sp³-hybridized carbons (Fsp3) is 0.471. The summed E-state index contributed by atoms with van der Waals surface area (Å²) in [7, 11) is 2.11. The molecule has 23 heavy (non-hydrogen) atoms. The number of likely N-dealkylation sites (N-methyl/N-ethyl adjacent to an activating group) is 1. The van der Waals surface area contributed by atoms with Crippen LogP contribution in [-0.2, 0) is 0 Å². The average Bonchev–Trinajstić information content (AvgIpc) is 3.10. The van der Waals surface area contributed by atoms with Gasteiger partial charge in [0, 0.05) is 31.0 Å². The minimum absolute atomic E-state index is 0.166. The molecule has 0 saturated carbocycles. The Hall–Kier alpha value is -2.21. The summed E-state index contributed by atoms with van der Waals surface area (Å²) >= 11 is 0. The van der Waals surface area contributed by atoms with Crippen LogP contribution in [0.25, 0.3) is 5.65 Å². The quantitative estimate of drug-likeness (QED) is 0.781. The van der Waals surface area contributed by atoms with Gasteiger partial charge in [0.1, 0.15) is 11.2 Å². The van der Waals surface area contributed by atoms with E-state index >= 15 is 0 Å². The van der Waals surface area contributed by atoms with Crippen LogP contribution in [0.4, 0.5) is 0 Å². The maximum absolute atomic E-state index is 12.8. The first-order valence-electron chi connectivity index (χ1n) is 8.03. The number of hydrogen-bond donors (Lipinski definition) is 0. The molecule has 2 fully saturated rings. The van der Waals surface area contributed by atoms with Crippen LogP contribution < -0.4 is 5.56 Å². The second kappa shape index (κ2) is 5.16. The molecule has 4 heterocycles. The van der Waals surface area contributed by atoms with E-state index in [1.165, 1.54) is 10.6 Å². The molecule has 0 aromatic carbocycles. The van der Waals surface area contributed by atoms with E-state index in [1.807, 2.05) is 24.0 Å². The van der Waals surface area contributed by atoms with Gasteiger partial charge in [0.2, 0.25) is 0 Å². The standard InChI is InChI=1S/C17H20N4O2/c1-11-4-3-5-15-18-8-13(17(23)21(11)15)16(22)20-9-12-6-7-19(2)14(12)10-20/h3-5,8,12,14H,6-7,9-10H2,1-2H3/t12-,14+/m1/s1. The van der Waals surface area contributed by atoms with Crippen LogP contribution in [0.15, 0.2) is 29.2 Å². The number of nitrogens with zero attached hydrogens (tertiary/aromatic N) is 4. The summed E-state index contributed by atoms with van der Waals surface area (Å²) < 4.78 is 1.51. The Balaban J connectivity index is 1.70. The Kier molecular flexibility index (Phi) is 3.23. The molecule has 2 saturated heterocycles. The number of rotatable bonds is 1. The maximum Gasteiger partial charge on any atom is 0.270 e. The zero-order chi connectivity index (χ0) is 16.1. The van der Waals surface area contributed by atoms with Crippen LogP contribution in [0, 0.1) is 12.8 Å². The first-order chi connectivity index (χ1) is 11.1. The Morgan fingerprint density at radius 2 is 2.13 bits per heavy atom. The molecular formula is C17H20N4O2. The van der Waals surface area contributed by atoms with Gasteiger partial charge in [-0.1, -0.05) is 6.07 Å². The van der Waals surface area contributed by atoms with Crippen molar-refractivity contribution in [1.29, 1.82) is 0 Å². The molecule has 0 unspecified atom stereocenters. The van der Waals surface area contributed by atoms with Gasteiger partial charge in [0.15, 0.2) is 0 Å². The lowest BCUT2D eigenvalue weighted by molar-refractivity contribution is 0.0772. The van der Waals surface area contributed by atoms with Crippen molar-refractivity contribution >= 4 is 11.6 Å². The number of hydrogen-bond acceptors (Lipinski definition) is 4. The fourth-order valence-corrected chi connectivity index (χ4v) is 3.93. The topological polar surface area (TPSA) is 57.9 Å². The monoisotopic (exact) mass is 312 g/mol. The van der Waals surface area contributed by atoms with Gasteiger partial charge in [0.05, 0.1) is 0 Å². The highest BCUT2D eigenvalue weighted by Gasteiger charge is 2.41. The lowest BCUT2D eigenvalue weighted by atomic mass is 10.1. The van der Waals surface area contributed by atoms with Crippen LogP contribution in [0.1, 0.15) is 22.5 Å². The normalized spacial score (nSPS) is 24.3. The van der Waals surface area contributed by atoms with Crippen molar-refractivity contribution in [3.63, 3.8) is 0 Å². The second-order valence-electron chi connectivity index (χ2n) is 6.64. The van der Waals surface area contributed by atoms with Crippen molar-refractivity contribution in [1.82, 2.24) is 19.2 Å². The summed E-state index contributed by atoms with van der Waals surface area (Å²) in [5.41, 5.74) is 1.25. The van der Waals surface area contributed by atoms with E-state index in [0.29, 0.717) is 24.2 Å². The third kappa shape index (κ3) is 2.16. The Bertz CT molecular complexity index is 844. The van der Waals surface area contributed by atoms with E-state index in [2.05, 4.69) is 16.9 Å². The summed E-state index contributed by atoms with van der Waals surface area (Å²) in [4.78, 5) is 34.0. The number of carbonyl (C=O) groups is 1. The molecule has 1 amide bonds. The number of likely N-dealkylation sites (tertiary alicyclic amines) is 2. The number of pyridine rings is 1. The van der Waals surface area contributed by atoms with Crippen LogP contribution in [0.2, 0.25) is 0 Å². The largest absolute Gasteiger partial charge is 0.337 e. The summed E-state index contributed by atoms with van der Waals surface area (Å²) in [6, 6.07) is 5.91. The summed E-state index contributed by atoms with van der Waals surface area (Å²) in [6.07, 6.45) is 2.55. The van der Waals surface area contributed by atoms with Crippen molar-refractivity contribution in [2.75, 3.05) is 26.7 Å². The van der Waals surface area contributed by atoms with Crippen LogP contribution in [0.5, 0.6) is 0 Å². The highest BCUT2D eigenvalue weighted by atomic mass is 16.2. The van der Waals surface area contributed by atoms with Crippen molar-refractivity contribution in [2.24, 2.45) is 5.92 Å². The van der Waals surface area contributed by atoms with Gasteiger partial charge in [-0.25, -0.2) is 4.98 Å². The van der Waals surface area contributed by atoms with E-state index in [1.54, 1.807) is 6.07 Å². The van der Waals surface area contributed by atoms with Gasteiger partial charge in [-0.3, -0.25) is 14.0 Å². The lowest BCUT2D eigenvalue weighted by Gasteiger charge is -2.20. The minimum Gasteiger partial charge on any atom is -0.337 e. The minimum atomic E-state index is -0.275. The van der Waals surface area contributed by atoms with Crippen LogP contribution in [0.3, 0.4) is 0 Å². The van der Waals surface area contributed by atoms with E-state index < -0.39 is 0 Å². The molecule has 0 spiro atoms. The van der Waals surface area contributed by atoms with Crippen LogP contribution >= 0.6 is 0 Å². The van der Waals surface area contributed by atoms with Crippen LogP contribution in [-0.4, -0.2) is 57.8 Å². The van der Waals surface area contributed by atoms with Gasteiger partial charge in [-0.2, -0.15) is 0 Å². The summed E-state index contributed by atoms with van der Waals surface area (Å²) in [6.45, 7) is 4.38. The van der Waals surface area contributed by atoms with Crippen molar-refractivity contribution < 1.29 is 4.79 Å². The van der Waals surface area contributed by atoms with Gasteiger partial charge in [-0.05, 0) is 45.0 Å². The van der Waals surface area contributed by atoms with Gasteiger partial charge >= 0.3 is 0 Å². The van der Waals surface area contributed by atoms with E-state index in [0.717, 1.165) is 25.2 Å². The molecule has 2 aliphatic rings. The molecule has 6 nitrogen and oxygen atoms in total. The molecule has 0 N–H and O–H groups in total. The maximum atomic E-state index is 12.8. The SMILES string of the molecule is Cc1cccc2ncc(C(=O)N3C[C@H]4CCN(C)[C@H]4C3)c(=O)n12. The molecular weight excluding hydrogens is 292 g/mol. The Labute approximate surface area is 134 Å². The fourth-order valence-electron chi connectivity index (χ4n) is 3.93. The molecule has 6 heteroatoms. The molecule has 0 radical (unpaired) electrons. The second-order valence-corrected chi connectivity index (χ2v) is 6.64. The number of aromatic nitrogens is 2. The molecule has 2 aromatic heterocycles. The molecule has 0 bridgehead atoms. The number of fused-ring (bicyclic) bond motifs is 2. The van der Waals surface area contributed by atoms with E-state index in [4.69, 9.17) is 0 Å². The number of amides is 1. The molecule has 0 aliphatic carbocycles. The van der Waals surface area contributed by atoms with E-state index in [9.17, 15) is 9.59 Å². The summed E-state index contributed by atoms with van der Waals surface area (Å²) in [5.74, 6) is 0.338. The molecule has 120 valence electrons. The molecule has 2 atom stereocenters. The number of aryl methyl sites for hydroxylation is 1. The average molecular weight is 312 g/mol. The van der Waals surface area contributed by atoms with Gasteiger partial charge < -0.3 is 9.80 Å². The highest BCUT2D eigenvalue weighted by molar-refractivity contribution is 5.94. The molecule has 4 rings (SSSR count). The third-order valence-corrected chi connectivity index (χ3v) is 5.27. The first-order valence-corrected chi connectivity index (χ1v) is 8.03. The van der Waals surface area contributed by atoms with Crippen molar-refractivity contribution in [2.45, 2.75) is 19.4 Å². The number of carbonyl (C=O) groups excluding carboxylic acids is 1. The van der Waals surface area contributed by atoms with Crippen molar-refractivity contribution in [3.8, 4) is 0 Å². The summed E-state index contributed by atoms with van der Waals surface area (Å²) in [5, 5.41) is 0. The predicted molar refractivity (Wildman–Crippen MR) is 86.6 cm³/mol. The van der Waals surface area contributed by atoms with Gasteiger partial charge in [-0.15, -0.1) is 0 Å². The molecule has 2 aliphatic heterocycles. The lowest BCUT2D eigenvalue weighted by Crippen LogP contribution is -2.38. The van der Waals surface area contributed by atoms with Crippen molar-refractivity contribution in [3.05, 3.63) is 46.0 Å². The zero-order valence-corrected chi connectivity index (χ0v) is 13.4. The Morgan fingerprint density at radius 1 is 1.30 bits per heavy atom. The third-order valence-electron chi connectivity index (χ3n) is 5.27. The molecule has 2 aromatic rings. The zero-order valence-electron chi connectivity index (χ0n) is 13.4. The first kappa shape index (κ1) is 14.4. The predicted octanol–water partition coefficient (Wildman–Crippen LogP) is 0.779. The Morgan fingerprint density at radius 3 is 2.91 bits per heavy atom. The smallest absolute Gasteiger partial charge is 0.270 e. The van der Waals surface area contributed by atoms with Gasteiger partial charge in [0.25, 0.3) is 11.5 Å².